The molecule has 2 N–H and O–H groups in total. The standard InChI is InChI=1S/C15H20N2O4.ClH/c1-2-21-15(19)12-5-3-11(4-6-12)9-17-14(18)13-10-20-8-7-16-13;/h3-6,13,16H,2,7-10H2,1H3,(H,17,18);1H. The lowest BCUT2D eigenvalue weighted by Gasteiger charge is -2.22. The minimum Gasteiger partial charge on any atom is -0.462 e. The van der Waals surface area contributed by atoms with Crippen molar-refractivity contribution in [2.75, 3.05) is 26.4 Å². The number of carbonyl (C=O) groups is 2. The van der Waals surface area contributed by atoms with Gasteiger partial charge in [0.1, 0.15) is 6.04 Å². The molecule has 7 heteroatoms. The fraction of sp³-hybridized carbons (Fsp3) is 0.467. The normalized spacial score (nSPS) is 17.2. The van der Waals surface area contributed by atoms with Gasteiger partial charge in [-0.05, 0) is 24.6 Å². The van der Waals surface area contributed by atoms with Gasteiger partial charge in [0.25, 0.3) is 0 Å². The van der Waals surface area contributed by atoms with Gasteiger partial charge in [0, 0.05) is 13.1 Å². The van der Waals surface area contributed by atoms with Gasteiger partial charge in [0.05, 0.1) is 25.4 Å². The lowest BCUT2D eigenvalue weighted by atomic mass is 10.1. The van der Waals surface area contributed by atoms with Crippen molar-refractivity contribution in [3.05, 3.63) is 35.4 Å². The molecule has 1 amide bonds. The van der Waals surface area contributed by atoms with Crippen molar-refractivity contribution >= 4 is 24.3 Å². The number of rotatable bonds is 5. The number of hydrogen-bond acceptors (Lipinski definition) is 5. The molecule has 1 aromatic carbocycles. The third kappa shape index (κ3) is 5.29. The summed E-state index contributed by atoms with van der Waals surface area (Å²) in [5, 5.41) is 5.94. The van der Waals surface area contributed by atoms with E-state index in [0.29, 0.717) is 38.5 Å². The average molecular weight is 329 g/mol. The van der Waals surface area contributed by atoms with Crippen molar-refractivity contribution in [2.45, 2.75) is 19.5 Å². The molecule has 6 nitrogen and oxygen atoms in total. The summed E-state index contributed by atoms with van der Waals surface area (Å²) in [6.07, 6.45) is 0. The van der Waals surface area contributed by atoms with Crippen LogP contribution < -0.4 is 10.6 Å². The Morgan fingerprint density at radius 2 is 2.09 bits per heavy atom. The highest BCUT2D eigenvalue weighted by Gasteiger charge is 2.20. The Morgan fingerprint density at radius 3 is 2.68 bits per heavy atom. The molecule has 2 rings (SSSR count). The molecule has 1 aromatic rings. The van der Waals surface area contributed by atoms with Crippen LogP contribution in [0.4, 0.5) is 0 Å². The van der Waals surface area contributed by atoms with Crippen LogP contribution >= 0.6 is 12.4 Å². The number of morpholine rings is 1. The molecule has 1 aliphatic heterocycles. The van der Waals surface area contributed by atoms with Gasteiger partial charge >= 0.3 is 5.97 Å². The van der Waals surface area contributed by atoms with Crippen molar-refractivity contribution in [1.82, 2.24) is 10.6 Å². The van der Waals surface area contributed by atoms with Crippen molar-refractivity contribution in [3.8, 4) is 0 Å². The molecule has 22 heavy (non-hydrogen) atoms. The van der Waals surface area contributed by atoms with Gasteiger partial charge in [-0.25, -0.2) is 4.79 Å². The molecule has 0 aromatic heterocycles. The van der Waals surface area contributed by atoms with Gasteiger partial charge in [0.2, 0.25) is 5.91 Å². The predicted octanol–water partition coefficient (Wildman–Crippen LogP) is 0.890. The van der Waals surface area contributed by atoms with E-state index in [1.165, 1.54) is 0 Å². The summed E-state index contributed by atoms with van der Waals surface area (Å²) in [7, 11) is 0. The first-order chi connectivity index (χ1) is 10.2. The molecule has 0 bridgehead atoms. The highest BCUT2D eigenvalue weighted by molar-refractivity contribution is 5.89. The summed E-state index contributed by atoms with van der Waals surface area (Å²) in [6, 6.07) is 6.70. The van der Waals surface area contributed by atoms with E-state index in [9.17, 15) is 9.59 Å². The second-order valence-corrected chi connectivity index (χ2v) is 4.72. The Morgan fingerprint density at radius 1 is 1.36 bits per heavy atom. The zero-order valence-corrected chi connectivity index (χ0v) is 13.3. The lowest BCUT2D eigenvalue weighted by molar-refractivity contribution is -0.126. The first-order valence-corrected chi connectivity index (χ1v) is 7.05. The number of ether oxygens (including phenoxy) is 2. The SMILES string of the molecule is CCOC(=O)c1ccc(CNC(=O)C2COCCN2)cc1.Cl. The minimum atomic E-state index is -0.336. The van der Waals surface area contributed by atoms with Gasteiger partial charge in [-0.1, -0.05) is 12.1 Å². The van der Waals surface area contributed by atoms with E-state index in [1.807, 2.05) is 0 Å². The number of hydrogen-bond donors (Lipinski definition) is 2. The smallest absolute Gasteiger partial charge is 0.338 e. The second-order valence-electron chi connectivity index (χ2n) is 4.72. The van der Waals surface area contributed by atoms with Crippen molar-refractivity contribution < 1.29 is 19.1 Å². The van der Waals surface area contributed by atoms with Crippen LogP contribution in [0.2, 0.25) is 0 Å². The van der Waals surface area contributed by atoms with Crippen LogP contribution in [0.15, 0.2) is 24.3 Å². The van der Waals surface area contributed by atoms with E-state index in [-0.39, 0.29) is 30.3 Å². The number of benzene rings is 1. The molecule has 1 unspecified atom stereocenters. The second kappa shape index (κ2) is 9.40. The van der Waals surface area contributed by atoms with Crippen LogP contribution in [0, 0.1) is 0 Å². The topological polar surface area (TPSA) is 76.7 Å². The maximum Gasteiger partial charge on any atom is 0.338 e. The van der Waals surface area contributed by atoms with E-state index in [2.05, 4.69) is 10.6 Å². The summed E-state index contributed by atoms with van der Waals surface area (Å²) >= 11 is 0. The predicted molar refractivity (Wildman–Crippen MR) is 84.1 cm³/mol. The summed E-state index contributed by atoms with van der Waals surface area (Å²) in [5.74, 6) is -0.416. The fourth-order valence-corrected chi connectivity index (χ4v) is 2.02. The Bertz CT molecular complexity index is 487. The highest BCUT2D eigenvalue weighted by atomic mass is 35.5. The van der Waals surface area contributed by atoms with Crippen LogP contribution in [0.25, 0.3) is 0 Å². The van der Waals surface area contributed by atoms with E-state index in [0.717, 1.165) is 5.56 Å². The van der Waals surface area contributed by atoms with Crippen molar-refractivity contribution in [3.63, 3.8) is 0 Å². The third-order valence-corrected chi connectivity index (χ3v) is 3.17. The van der Waals surface area contributed by atoms with Crippen LogP contribution in [0.1, 0.15) is 22.8 Å². The summed E-state index contributed by atoms with van der Waals surface area (Å²) in [5.41, 5.74) is 1.43. The van der Waals surface area contributed by atoms with E-state index in [4.69, 9.17) is 9.47 Å². The quantitative estimate of drug-likeness (QED) is 0.785. The van der Waals surface area contributed by atoms with Crippen molar-refractivity contribution in [2.24, 2.45) is 0 Å². The summed E-state index contributed by atoms with van der Waals surface area (Å²) in [6.45, 7) is 4.26. The van der Waals surface area contributed by atoms with Crippen LogP contribution in [-0.4, -0.2) is 44.3 Å². The number of carbonyl (C=O) groups excluding carboxylic acids is 2. The molecule has 0 spiro atoms. The highest BCUT2D eigenvalue weighted by Crippen LogP contribution is 2.06. The summed E-state index contributed by atoms with van der Waals surface area (Å²) < 4.78 is 10.2. The van der Waals surface area contributed by atoms with Gasteiger partial charge < -0.3 is 20.1 Å². The number of amides is 1. The maximum atomic E-state index is 11.9. The largest absolute Gasteiger partial charge is 0.462 e. The Hall–Kier alpha value is -1.63. The molecular weight excluding hydrogens is 308 g/mol. The van der Waals surface area contributed by atoms with Gasteiger partial charge in [-0.15, -0.1) is 12.4 Å². The Kier molecular flexibility index (Phi) is 7.87. The van der Waals surface area contributed by atoms with Crippen molar-refractivity contribution in [1.29, 1.82) is 0 Å². The molecule has 0 saturated carbocycles. The molecule has 122 valence electrons. The Labute approximate surface area is 136 Å². The molecule has 1 fully saturated rings. The molecule has 1 saturated heterocycles. The van der Waals surface area contributed by atoms with E-state index >= 15 is 0 Å². The fourth-order valence-electron chi connectivity index (χ4n) is 2.02. The van der Waals surface area contributed by atoms with Crippen LogP contribution in [0.5, 0.6) is 0 Å². The first kappa shape index (κ1) is 18.4. The zero-order chi connectivity index (χ0) is 15.1. The number of nitrogens with one attached hydrogen (secondary N) is 2. The monoisotopic (exact) mass is 328 g/mol. The third-order valence-electron chi connectivity index (χ3n) is 3.17. The van der Waals surface area contributed by atoms with Crippen LogP contribution in [-0.2, 0) is 20.8 Å². The van der Waals surface area contributed by atoms with Gasteiger partial charge in [-0.3, -0.25) is 4.79 Å². The first-order valence-electron chi connectivity index (χ1n) is 7.05. The van der Waals surface area contributed by atoms with E-state index < -0.39 is 0 Å². The van der Waals surface area contributed by atoms with Gasteiger partial charge in [-0.2, -0.15) is 0 Å². The maximum absolute atomic E-state index is 11.9. The Balaban J connectivity index is 0.00000242. The minimum absolute atomic E-state index is 0. The number of halogens is 1. The molecule has 1 aliphatic rings. The lowest BCUT2D eigenvalue weighted by Crippen LogP contribution is -2.51. The molecular formula is C15H21ClN2O4. The van der Waals surface area contributed by atoms with Crippen LogP contribution in [0.3, 0.4) is 0 Å². The average Bonchev–Trinajstić information content (AvgIpc) is 2.54. The van der Waals surface area contributed by atoms with Gasteiger partial charge in [0.15, 0.2) is 0 Å². The zero-order valence-electron chi connectivity index (χ0n) is 12.5. The molecule has 0 radical (unpaired) electrons. The molecule has 1 heterocycles. The molecule has 1 atom stereocenters. The van der Waals surface area contributed by atoms with E-state index in [1.54, 1.807) is 31.2 Å². The summed E-state index contributed by atoms with van der Waals surface area (Å²) in [4.78, 5) is 23.4. The molecule has 0 aliphatic carbocycles. The number of esters is 1.